The fraction of sp³-hybridized carbons (Fsp3) is 0.333. The van der Waals surface area contributed by atoms with E-state index in [9.17, 15) is 0 Å². The maximum atomic E-state index is 5.47. The summed E-state index contributed by atoms with van der Waals surface area (Å²) in [5.41, 5.74) is 3.18. The van der Waals surface area contributed by atoms with E-state index in [0.717, 1.165) is 39.1 Å². The molecule has 4 nitrogen and oxygen atoms in total. The van der Waals surface area contributed by atoms with Gasteiger partial charge in [-0.15, -0.1) is 0 Å². The van der Waals surface area contributed by atoms with Crippen LogP contribution in [-0.4, -0.2) is 21.2 Å². The lowest BCUT2D eigenvalue weighted by Gasteiger charge is -2.04. The lowest BCUT2D eigenvalue weighted by atomic mass is 10.1. The van der Waals surface area contributed by atoms with Gasteiger partial charge in [0.15, 0.2) is 0 Å². The van der Waals surface area contributed by atoms with Crippen molar-refractivity contribution >= 4 is 16.3 Å². The molecule has 0 unspecified atom stereocenters. The van der Waals surface area contributed by atoms with Gasteiger partial charge >= 0.3 is 0 Å². The van der Waals surface area contributed by atoms with Gasteiger partial charge in [-0.25, -0.2) is 9.50 Å². The first-order chi connectivity index (χ1) is 9.72. The lowest BCUT2D eigenvalue weighted by molar-refractivity contribution is 0.340. The van der Waals surface area contributed by atoms with Gasteiger partial charge in [0.25, 0.3) is 0 Å². The van der Waals surface area contributed by atoms with Crippen molar-refractivity contribution in [1.29, 1.82) is 0 Å². The first-order valence-electron chi connectivity index (χ1n) is 6.81. The molecule has 0 aliphatic carbocycles. The number of benzene rings is 1. The summed E-state index contributed by atoms with van der Waals surface area (Å²) in [6.07, 6.45) is 0.950. The highest BCUT2D eigenvalue weighted by atomic mass is 32.1. The summed E-state index contributed by atoms with van der Waals surface area (Å²) >= 11 is 1.65. The summed E-state index contributed by atoms with van der Waals surface area (Å²) in [6.45, 7) is 6.84. The van der Waals surface area contributed by atoms with Crippen LogP contribution in [0.1, 0.15) is 24.5 Å². The Hall–Kier alpha value is -1.88. The van der Waals surface area contributed by atoms with E-state index < -0.39 is 0 Å². The van der Waals surface area contributed by atoms with Crippen LogP contribution in [0.4, 0.5) is 0 Å². The second-order valence-electron chi connectivity index (χ2n) is 4.55. The first kappa shape index (κ1) is 13.1. The average Bonchev–Trinajstić information content (AvgIpc) is 3.00. The van der Waals surface area contributed by atoms with Crippen LogP contribution >= 0.6 is 11.3 Å². The first-order valence-corrected chi connectivity index (χ1v) is 7.62. The molecule has 0 spiro atoms. The Kier molecular flexibility index (Phi) is 3.44. The van der Waals surface area contributed by atoms with E-state index in [0.29, 0.717) is 6.61 Å². The monoisotopic (exact) mass is 287 g/mol. The summed E-state index contributed by atoms with van der Waals surface area (Å²) in [6, 6.07) is 8.06. The molecule has 1 aromatic carbocycles. The van der Waals surface area contributed by atoms with Gasteiger partial charge in [0.1, 0.15) is 10.8 Å². The fourth-order valence-corrected chi connectivity index (χ4v) is 3.06. The van der Waals surface area contributed by atoms with Crippen LogP contribution in [0.15, 0.2) is 24.3 Å². The Morgan fingerprint density at radius 1 is 1.20 bits per heavy atom. The number of imidazole rings is 1. The van der Waals surface area contributed by atoms with E-state index in [4.69, 9.17) is 9.72 Å². The van der Waals surface area contributed by atoms with Crippen LogP contribution in [0.25, 0.3) is 16.2 Å². The summed E-state index contributed by atoms with van der Waals surface area (Å²) in [5.74, 6) is 0.890. The van der Waals surface area contributed by atoms with Gasteiger partial charge in [-0.1, -0.05) is 18.3 Å². The van der Waals surface area contributed by atoms with E-state index >= 15 is 0 Å². The van der Waals surface area contributed by atoms with E-state index in [-0.39, 0.29) is 0 Å². The van der Waals surface area contributed by atoms with Crippen molar-refractivity contribution in [2.75, 3.05) is 6.61 Å². The number of hydrogen-bond donors (Lipinski definition) is 0. The molecule has 0 aliphatic rings. The summed E-state index contributed by atoms with van der Waals surface area (Å²) in [7, 11) is 0. The molecule has 0 saturated heterocycles. The highest BCUT2D eigenvalue weighted by molar-refractivity contribution is 7.16. The standard InChI is InChI=1S/C15H17N3OS/c1-4-13-17-18-10(3)14(16-15(18)20-13)11-6-8-12(9-7-11)19-5-2/h6-9H,4-5H2,1-3H3. The molecule has 5 heteroatoms. The molecule has 0 radical (unpaired) electrons. The number of aromatic nitrogens is 3. The second-order valence-corrected chi connectivity index (χ2v) is 5.59. The maximum absolute atomic E-state index is 5.47. The summed E-state index contributed by atoms with van der Waals surface area (Å²) in [4.78, 5) is 5.67. The number of fused-ring (bicyclic) bond motifs is 1. The number of nitrogens with zero attached hydrogens (tertiary/aromatic N) is 3. The smallest absolute Gasteiger partial charge is 0.212 e. The van der Waals surface area contributed by atoms with Gasteiger partial charge in [0, 0.05) is 5.56 Å². The van der Waals surface area contributed by atoms with Gasteiger partial charge in [-0.2, -0.15) is 5.10 Å². The third kappa shape index (κ3) is 2.18. The lowest BCUT2D eigenvalue weighted by Crippen LogP contribution is -1.92. The van der Waals surface area contributed by atoms with Crippen molar-refractivity contribution in [3.05, 3.63) is 35.0 Å². The van der Waals surface area contributed by atoms with Crippen molar-refractivity contribution in [2.45, 2.75) is 27.2 Å². The third-order valence-electron chi connectivity index (χ3n) is 3.21. The average molecular weight is 287 g/mol. The van der Waals surface area contributed by atoms with Crippen molar-refractivity contribution < 1.29 is 4.74 Å². The van der Waals surface area contributed by atoms with Crippen LogP contribution in [0.5, 0.6) is 5.75 Å². The topological polar surface area (TPSA) is 39.4 Å². The van der Waals surface area contributed by atoms with E-state index in [1.54, 1.807) is 11.3 Å². The van der Waals surface area contributed by atoms with Gasteiger partial charge < -0.3 is 4.74 Å². The van der Waals surface area contributed by atoms with Gasteiger partial charge in [-0.05, 0) is 44.5 Å². The fourth-order valence-electron chi connectivity index (χ4n) is 2.18. The molecule has 0 N–H and O–H groups in total. The number of aryl methyl sites for hydroxylation is 2. The largest absolute Gasteiger partial charge is 0.494 e. The Morgan fingerprint density at radius 2 is 1.95 bits per heavy atom. The highest BCUT2D eigenvalue weighted by Gasteiger charge is 2.14. The molecule has 0 fully saturated rings. The van der Waals surface area contributed by atoms with Crippen LogP contribution in [0.2, 0.25) is 0 Å². The van der Waals surface area contributed by atoms with Gasteiger partial charge in [0.2, 0.25) is 4.96 Å². The highest BCUT2D eigenvalue weighted by Crippen LogP contribution is 2.27. The molecule has 0 aliphatic heterocycles. The maximum Gasteiger partial charge on any atom is 0.212 e. The Morgan fingerprint density at radius 3 is 2.55 bits per heavy atom. The normalized spacial score (nSPS) is 11.2. The SMILES string of the molecule is CCOc1ccc(-c2nc3sc(CC)nn3c2C)cc1. The zero-order chi connectivity index (χ0) is 14.1. The molecule has 0 bridgehead atoms. The predicted molar refractivity (Wildman–Crippen MR) is 81.6 cm³/mol. The van der Waals surface area contributed by atoms with Crippen LogP contribution in [0.3, 0.4) is 0 Å². The third-order valence-corrected chi connectivity index (χ3v) is 4.26. The molecular weight excluding hydrogens is 270 g/mol. The molecule has 2 aromatic heterocycles. The zero-order valence-corrected chi connectivity index (χ0v) is 12.7. The number of ether oxygens (including phenoxy) is 1. The molecule has 0 atom stereocenters. The quantitative estimate of drug-likeness (QED) is 0.734. The van der Waals surface area contributed by atoms with Gasteiger partial charge in [-0.3, -0.25) is 0 Å². The molecule has 0 amide bonds. The van der Waals surface area contributed by atoms with Crippen LogP contribution < -0.4 is 4.74 Å². The molecule has 20 heavy (non-hydrogen) atoms. The molecule has 2 heterocycles. The van der Waals surface area contributed by atoms with E-state index in [1.165, 1.54) is 0 Å². The minimum atomic E-state index is 0.683. The Labute approximate surface area is 122 Å². The molecule has 0 saturated carbocycles. The minimum absolute atomic E-state index is 0.683. The zero-order valence-electron chi connectivity index (χ0n) is 11.9. The predicted octanol–water partition coefficient (Wildman–Crippen LogP) is 3.73. The second kappa shape index (κ2) is 5.25. The van der Waals surface area contributed by atoms with E-state index in [1.807, 2.05) is 35.7 Å². The molecule has 3 aromatic rings. The van der Waals surface area contributed by atoms with Crippen LogP contribution in [-0.2, 0) is 6.42 Å². The van der Waals surface area contributed by atoms with Crippen LogP contribution in [0, 0.1) is 6.92 Å². The molecule has 3 rings (SSSR count). The van der Waals surface area contributed by atoms with Crippen molar-refractivity contribution in [1.82, 2.24) is 14.6 Å². The molecular formula is C15H17N3OS. The number of hydrogen-bond acceptors (Lipinski definition) is 4. The Bertz CT molecular complexity index is 727. The Balaban J connectivity index is 2.00. The van der Waals surface area contributed by atoms with Crippen molar-refractivity contribution in [3.63, 3.8) is 0 Å². The number of rotatable bonds is 4. The van der Waals surface area contributed by atoms with Crippen molar-refractivity contribution in [2.24, 2.45) is 0 Å². The summed E-state index contributed by atoms with van der Waals surface area (Å²) < 4.78 is 7.41. The van der Waals surface area contributed by atoms with E-state index in [2.05, 4.69) is 18.9 Å². The van der Waals surface area contributed by atoms with Crippen molar-refractivity contribution in [3.8, 4) is 17.0 Å². The van der Waals surface area contributed by atoms with Gasteiger partial charge in [0.05, 0.1) is 18.0 Å². The molecule has 104 valence electrons. The minimum Gasteiger partial charge on any atom is -0.494 e. The summed E-state index contributed by atoms with van der Waals surface area (Å²) in [5, 5.41) is 5.69.